The van der Waals surface area contributed by atoms with Crippen LogP contribution in [0.25, 0.3) is 0 Å². The lowest BCUT2D eigenvalue weighted by Gasteiger charge is -2.10. The molecule has 0 amide bonds. The molecule has 2 aromatic heterocycles. The number of benzene rings is 1. The first-order chi connectivity index (χ1) is 14.7. The minimum atomic E-state index is -0.519. The average Bonchev–Trinajstić information content (AvgIpc) is 2.80. The summed E-state index contributed by atoms with van der Waals surface area (Å²) in [7, 11) is 0. The fourth-order valence-electron chi connectivity index (χ4n) is 2.98. The quantitative estimate of drug-likeness (QED) is 0.375. The van der Waals surface area contributed by atoms with Crippen molar-refractivity contribution in [3.8, 4) is 0 Å². The molecule has 0 radical (unpaired) electrons. The molecular weight excluding hydrogens is 380 g/mol. The third-order valence-corrected chi connectivity index (χ3v) is 4.55. The van der Waals surface area contributed by atoms with Gasteiger partial charge < -0.3 is 9.47 Å². The van der Waals surface area contributed by atoms with Crippen LogP contribution in [0, 0.1) is 0 Å². The van der Waals surface area contributed by atoms with Gasteiger partial charge in [0.25, 0.3) is 0 Å². The normalized spacial score (nSPS) is 10.4. The molecule has 2 heterocycles. The van der Waals surface area contributed by atoms with Crippen LogP contribution in [0.15, 0.2) is 73.3 Å². The first-order valence-corrected chi connectivity index (χ1v) is 9.95. The summed E-state index contributed by atoms with van der Waals surface area (Å²) >= 11 is 0. The maximum atomic E-state index is 12.5. The van der Waals surface area contributed by atoms with Gasteiger partial charge in [-0.2, -0.15) is 0 Å². The lowest BCUT2D eigenvalue weighted by molar-refractivity contribution is 0.0453. The molecule has 30 heavy (non-hydrogen) atoms. The Morgan fingerprint density at radius 1 is 0.633 bits per heavy atom. The van der Waals surface area contributed by atoms with Crippen molar-refractivity contribution < 1.29 is 19.1 Å². The summed E-state index contributed by atoms with van der Waals surface area (Å²) in [5.41, 5.74) is 2.72. The molecule has 0 N–H and O–H groups in total. The average molecular weight is 404 g/mol. The van der Waals surface area contributed by atoms with E-state index in [0.717, 1.165) is 24.0 Å². The van der Waals surface area contributed by atoms with Crippen LogP contribution >= 0.6 is 0 Å². The molecule has 3 rings (SSSR count). The van der Waals surface area contributed by atoms with Crippen LogP contribution in [-0.4, -0.2) is 35.1 Å². The van der Waals surface area contributed by atoms with Gasteiger partial charge in [-0.1, -0.05) is 12.1 Å². The second-order valence-corrected chi connectivity index (χ2v) is 6.74. The number of hydrogen-bond donors (Lipinski definition) is 0. The number of carbonyl (C=O) groups is 2. The molecule has 0 aliphatic heterocycles. The maximum Gasteiger partial charge on any atom is 0.339 e. The largest absolute Gasteiger partial charge is 0.462 e. The number of pyridine rings is 2. The number of rotatable bonds is 10. The Balaban J connectivity index is 1.46. The van der Waals surface area contributed by atoms with E-state index < -0.39 is 11.9 Å². The van der Waals surface area contributed by atoms with Crippen LogP contribution in [-0.2, 0) is 22.3 Å². The number of aryl methyl sites for hydroxylation is 2. The number of esters is 2. The smallest absolute Gasteiger partial charge is 0.339 e. The van der Waals surface area contributed by atoms with Gasteiger partial charge >= 0.3 is 11.9 Å². The Bertz CT molecular complexity index is 867. The van der Waals surface area contributed by atoms with Crippen LogP contribution in [0.2, 0.25) is 0 Å². The number of hydrogen-bond acceptors (Lipinski definition) is 6. The van der Waals surface area contributed by atoms with E-state index in [-0.39, 0.29) is 24.3 Å². The van der Waals surface area contributed by atoms with E-state index in [0.29, 0.717) is 12.8 Å². The monoisotopic (exact) mass is 404 g/mol. The van der Waals surface area contributed by atoms with E-state index in [9.17, 15) is 9.59 Å². The van der Waals surface area contributed by atoms with E-state index in [1.165, 1.54) is 0 Å². The first kappa shape index (κ1) is 21.2. The lowest BCUT2D eigenvalue weighted by Crippen LogP contribution is -2.15. The van der Waals surface area contributed by atoms with E-state index in [1.807, 2.05) is 24.3 Å². The molecule has 3 aromatic rings. The molecule has 0 unspecified atom stereocenters. The Hall–Kier alpha value is -3.54. The van der Waals surface area contributed by atoms with Crippen LogP contribution in [0.3, 0.4) is 0 Å². The highest BCUT2D eigenvalue weighted by atomic mass is 16.5. The van der Waals surface area contributed by atoms with Gasteiger partial charge in [-0.05, 0) is 73.2 Å². The molecule has 154 valence electrons. The van der Waals surface area contributed by atoms with E-state index in [2.05, 4.69) is 9.97 Å². The van der Waals surface area contributed by atoms with Crippen molar-refractivity contribution in [2.24, 2.45) is 0 Å². The number of aromatic nitrogens is 2. The Morgan fingerprint density at radius 3 is 1.43 bits per heavy atom. The molecule has 0 bridgehead atoms. The predicted octanol–water partition coefficient (Wildman–Crippen LogP) is 4.06. The van der Waals surface area contributed by atoms with E-state index in [1.54, 1.807) is 49.1 Å². The van der Waals surface area contributed by atoms with Gasteiger partial charge in [0.05, 0.1) is 24.3 Å². The molecule has 0 atom stereocenters. The van der Waals surface area contributed by atoms with Gasteiger partial charge in [0, 0.05) is 24.8 Å². The summed E-state index contributed by atoms with van der Waals surface area (Å²) in [5, 5.41) is 0. The van der Waals surface area contributed by atoms with Crippen molar-refractivity contribution >= 4 is 11.9 Å². The zero-order valence-electron chi connectivity index (χ0n) is 16.7. The van der Waals surface area contributed by atoms with Crippen LogP contribution in [0.5, 0.6) is 0 Å². The molecular formula is C24H24N2O4. The van der Waals surface area contributed by atoms with Crippen LogP contribution in [0.1, 0.15) is 44.7 Å². The summed E-state index contributed by atoms with van der Waals surface area (Å²) in [6.07, 6.45) is 9.91. The summed E-state index contributed by atoms with van der Waals surface area (Å²) in [4.78, 5) is 32.9. The highest BCUT2D eigenvalue weighted by Crippen LogP contribution is 2.13. The summed E-state index contributed by atoms with van der Waals surface area (Å²) in [6, 6.07) is 14.3. The van der Waals surface area contributed by atoms with E-state index in [4.69, 9.17) is 9.47 Å². The predicted molar refractivity (Wildman–Crippen MR) is 112 cm³/mol. The van der Waals surface area contributed by atoms with Gasteiger partial charge in [0.2, 0.25) is 0 Å². The maximum absolute atomic E-state index is 12.5. The van der Waals surface area contributed by atoms with Crippen LogP contribution in [0.4, 0.5) is 0 Å². The molecule has 0 saturated carbocycles. The Kier molecular flexibility index (Phi) is 8.09. The van der Waals surface area contributed by atoms with Gasteiger partial charge in [0.15, 0.2) is 0 Å². The Morgan fingerprint density at radius 2 is 1.03 bits per heavy atom. The van der Waals surface area contributed by atoms with Crippen molar-refractivity contribution in [1.29, 1.82) is 0 Å². The molecule has 1 aromatic carbocycles. The van der Waals surface area contributed by atoms with Gasteiger partial charge in [-0.3, -0.25) is 9.97 Å². The summed E-state index contributed by atoms with van der Waals surface area (Å²) in [6.45, 7) is 0.549. The van der Waals surface area contributed by atoms with Crippen molar-refractivity contribution in [3.05, 3.63) is 95.6 Å². The van der Waals surface area contributed by atoms with Crippen LogP contribution < -0.4 is 0 Å². The third-order valence-electron chi connectivity index (χ3n) is 4.55. The van der Waals surface area contributed by atoms with Crippen molar-refractivity contribution in [3.63, 3.8) is 0 Å². The first-order valence-electron chi connectivity index (χ1n) is 9.95. The lowest BCUT2D eigenvalue weighted by atomic mass is 10.1. The molecule has 6 nitrogen and oxygen atoms in total. The number of nitrogens with zero attached hydrogens (tertiary/aromatic N) is 2. The fourth-order valence-corrected chi connectivity index (χ4v) is 2.98. The zero-order valence-corrected chi connectivity index (χ0v) is 16.7. The standard InChI is InChI=1S/C24H24N2O4/c27-23(29-17-3-5-19-9-13-25-14-10-19)21-7-1-2-8-22(21)24(28)30-18-4-6-20-11-15-26-16-12-20/h1-2,7-16H,3-6,17-18H2. The fraction of sp³-hybridized carbons (Fsp3) is 0.250. The SMILES string of the molecule is O=C(OCCCc1ccncc1)c1ccccc1C(=O)OCCCc1ccncc1. The second kappa shape index (κ2) is 11.5. The zero-order chi connectivity index (χ0) is 21.0. The van der Waals surface area contributed by atoms with Gasteiger partial charge in [-0.25, -0.2) is 9.59 Å². The minimum Gasteiger partial charge on any atom is -0.462 e. The van der Waals surface area contributed by atoms with Crippen molar-refractivity contribution in [1.82, 2.24) is 9.97 Å². The third kappa shape index (κ3) is 6.51. The topological polar surface area (TPSA) is 78.4 Å². The molecule has 0 fully saturated rings. The number of ether oxygens (including phenoxy) is 2. The molecule has 0 aliphatic carbocycles. The molecule has 6 heteroatoms. The minimum absolute atomic E-state index is 0.223. The van der Waals surface area contributed by atoms with Crippen molar-refractivity contribution in [2.75, 3.05) is 13.2 Å². The summed E-state index contributed by atoms with van der Waals surface area (Å²) < 4.78 is 10.7. The molecule has 0 spiro atoms. The molecule has 0 saturated heterocycles. The highest BCUT2D eigenvalue weighted by Gasteiger charge is 2.18. The van der Waals surface area contributed by atoms with Gasteiger partial charge in [-0.15, -0.1) is 0 Å². The summed E-state index contributed by atoms with van der Waals surface area (Å²) in [5.74, 6) is -1.04. The van der Waals surface area contributed by atoms with Crippen molar-refractivity contribution in [2.45, 2.75) is 25.7 Å². The molecule has 0 aliphatic rings. The second-order valence-electron chi connectivity index (χ2n) is 6.74. The van der Waals surface area contributed by atoms with Gasteiger partial charge in [0.1, 0.15) is 0 Å². The number of carbonyl (C=O) groups excluding carboxylic acids is 2. The Labute approximate surface area is 175 Å². The highest BCUT2D eigenvalue weighted by molar-refractivity contribution is 6.03. The van der Waals surface area contributed by atoms with E-state index >= 15 is 0 Å².